The number of likely N-dealkylation sites (tertiary alicyclic amines) is 1. The second-order valence-corrected chi connectivity index (χ2v) is 7.01. The summed E-state index contributed by atoms with van der Waals surface area (Å²) in [6.07, 6.45) is 3.56. The third-order valence-electron chi connectivity index (χ3n) is 5.04. The molecule has 2 aromatic rings. The molecule has 5 heteroatoms. The number of amides is 1. The molecule has 27 heavy (non-hydrogen) atoms. The zero-order chi connectivity index (χ0) is 19.1. The number of benzene rings is 2. The molecule has 1 saturated heterocycles. The van der Waals surface area contributed by atoms with Crippen LogP contribution in [0.15, 0.2) is 48.5 Å². The predicted molar refractivity (Wildman–Crippen MR) is 104 cm³/mol. The summed E-state index contributed by atoms with van der Waals surface area (Å²) in [4.78, 5) is 15.0. The van der Waals surface area contributed by atoms with Crippen molar-refractivity contribution in [3.8, 4) is 0 Å². The fourth-order valence-electron chi connectivity index (χ4n) is 3.63. The van der Waals surface area contributed by atoms with Crippen molar-refractivity contribution in [3.05, 3.63) is 71.0 Å². The van der Waals surface area contributed by atoms with Crippen LogP contribution in [0.3, 0.4) is 0 Å². The van der Waals surface area contributed by atoms with Gasteiger partial charge in [0.25, 0.3) is 5.91 Å². The topological polar surface area (TPSA) is 41.6 Å². The van der Waals surface area contributed by atoms with Crippen LogP contribution in [0.4, 0.5) is 4.39 Å². The summed E-state index contributed by atoms with van der Waals surface area (Å²) >= 11 is 0. The van der Waals surface area contributed by atoms with Gasteiger partial charge in [0.1, 0.15) is 5.82 Å². The zero-order valence-electron chi connectivity index (χ0n) is 15.8. The lowest BCUT2D eigenvalue weighted by Crippen LogP contribution is -2.40. The molecule has 0 bridgehead atoms. The van der Waals surface area contributed by atoms with Crippen LogP contribution < -0.4 is 5.32 Å². The van der Waals surface area contributed by atoms with E-state index in [0.29, 0.717) is 18.7 Å². The molecule has 144 valence electrons. The molecular weight excluding hydrogens is 343 g/mol. The average Bonchev–Trinajstić information content (AvgIpc) is 2.70. The zero-order valence-corrected chi connectivity index (χ0v) is 15.8. The van der Waals surface area contributed by atoms with E-state index in [1.165, 1.54) is 18.6 Å². The van der Waals surface area contributed by atoms with Gasteiger partial charge in [0.15, 0.2) is 0 Å². The van der Waals surface area contributed by atoms with E-state index < -0.39 is 0 Å². The van der Waals surface area contributed by atoms with Crippen LogP contribution in [-0.4, -0.2) is 37.6 Å². The smallest absolute Gasteiger partial charge is 0.251 e. The molecule has 0 spiro atoms. The first-order valence-corrected chi connectivity index (χ1v) is 9.53. The maximum atomic E-state index is 13.3. The van der Waals surface area contributed by atoms with Crippen molar-refractivity contribution in [3.63, 3.8) is 0 Å². The van der Waals surface area contributed by atoms with E-state index >= 15 is 0 Å². The summed E-state index contributed by atoms with van der Waals surface area (Å²) in [6.45, 7) is 2.98. The van der Waals surface area contributed by atoms with E-state index in [-0.39, 0.29) is 17.8 Å². The molecule has 0 saturated carbocycles. The molecule has 1 N–H and O–H groups in total. The van der Waals surface area contributed by atoms with E-state index in [2.05, 4.69) is 10.2 Å². The number of rotatable bonds is 7. The maximum Gasteiger partial charge on any atom is 0.251 e. The number of nitrogens with zero attached hydrogens (tertiary/aromatic N) is 1. The van der Waals surface area contributed by atoms with Crippen LogP contribution in [0.2, 0.25) is 0 Å². The fraction of sp³-hybridized carbons (Fsp3) is 0.409. The number of methoxy groups -OCH3 is 1. The second kappa shape index (κ2) is 9.62. The molecular formula is C22H27FN2O2. The highest BCUT2D eigenvalue weighted by molar-refractivity contribution is 5.94. The quantitative estimate of drug-likeness (QED) is 0.803. The lowest BCUT2D eigenvalue weighted by molar-refractivity contribution is 0.0924. The van der Waals surface area contributed by atoms with Gasteiger partial charge in [-0.2, -0.15) is 0 Å². The monoisotopic (exact) mass is 370 g/mol. The Bertz CT molecular complexity index is 742. The molecule has 4 nitrogen and oxygen atoms in total. The maximum absolute atomic E-state index is 13.3. The van der Waals surface area contributed by atoms with Crippen LogP contribution in [0.5, 0.6) is 0 Å². The SMILES string of the molecule is COCc1cccc(C(=O)NC[C@H](c2ccc(F)cc2)N2CCCCC2)c1. The van der Waals surface area contributed by atoms with E-state index in [0.717, 1.165) is 37.1 Å². The summed E-state index contributed by atoms with van der Waals surface area (Å²) in [6, 6.07) is 14.1. The normalized spacial score (nSPS) is 16.1. The molecule has 1 heterocycles. The lowest BCUT2D eigenvalue weighted by atomic mass is 10.0. The standard InChI is InChI=1S/C22H27FN2O2/c1-27-16-17-6-5-7-19(14-17)22(26)24-15-21(25-12-3-2-4-13-25)18-8-10-20(23)11-9-18/h5-11,14,21H,2-4,12-13,15-16H2,1H3,(H,24,26)/t21-/m1/s1. The van der Waals surface area contributed by atoms with E-state index in [1.54, 1.807) is 7.11 Å². The first-order chi connectivity index (χ1) is 13.2. The van der Waals surface area contributed by atoms with Crippen molar-refractivity contribution >= 4 is 5.91 Å². The molecule has 1 amide bonds. The highest BCUT2D eigenvalue weighted by atomic mass is 19.1. The van der Waals surface area contributed by atoms with Gasteiger partial charge in [-0.15, -0.1) is 0 Å². The summed E-state index contributed by atoms with van der Waals surface area (Å²) < 4.78 is 18.5. The van der Waals surface area contributed by atoms with Crippen LogP contribution >= 0.6 is 0 Å². The van der Waals surface area contributed by atoms with E-state index in [9.17, 15) is 9.18 Å². The number of nitrogens with one attached hydrogen (secondary N) is 1. The van der Waals surface area contributed by atoms with Crippen LogP contribution in [-0.2, 0) is 11.3 Å². The van der Waals surface area contributed by atoms with Crippen molar-refractivity contribution in [2.24, 2.45) is 0 Å². The Balaban J connectivity index is 1.71. The number of ether oxygens (including phenoxy) is 1. The van der Waals surface area contributed by atoms with Crippen molar-refractivity contribution in [1.82, 2.24) is 10.2 Å². The molecule has 0 aliphatic carbocycles. The largest absolute Gasteiger partial charge is 0.380 e. The minimum atomic E-state index is -0.241. The van der Waals surface area contributed by atoms with Crippen LogP contribution in [0, 0.1) is 5.82 Å². The van der Waals surface area contributed by atoms with Crippen molar-refractivity contribution in [2.75, 3.05) is 26.7 Å². The van der Waals surface area contributed by atoms with Crippen molar-refractivity contribution in [1.29, 1.82) is 0 Å². The summed E-state index contributed by atoms with van der Waals surface area (Å²) in [5, 5.41) is 3.06. The number of hydrogen-bond acceptors (Lipinski definition) is 3. The first kappa shape index (κ1) is 19.5. The van der Waals surface area contributed by atoms with Crippen molar-refractivity contribution < 1.29 is 13.9 Å². The Hall–Kier alpha value is -2.24. The molecule has 0 unspecified atom stereocenters. The third-order valence-corrected chi connectivity index (χ3v) is 5.04. The minimum absolute atomic E-state index is 0.0528. The molecule has 0 radical (unpaired) electrons. The Kier molecular flexibility index (Phi) is 6.96. The van der Waals surface area contributed by atoms with Crippen molar-refractivity contribution in [2.45, 2.75) is 31.9 Å². The van der Waals surface area contributed by atoms with Gasteiger partial charge in [-0.05, 0) is 61.3 Å². The van der Waals surface area contributed by atoms with Gasteiger partial charge in [-0.3, -0.25) is 9.69 Å². The lowest BCUT2D eigenvalue weighted by Gasteiger charge is -2.35. The first-order valence-electron chi connectivity index (χ1n) is 9.53. The summed E-state index contributed by atoms with van der Waals surface area (Å²) in [5.41, 5.74) is 2.63. The molecule has 1 aliphatic rings. The Morgan fingerprint density at radius 2 is 1.89 bits per heavy atom. The van der Waals surface area contributed by atoms with Gasteiger partial charge >= 0.3 is 0 Å². The Labute approximate surface area is 160 Å². The number of hydrogen-bond donors (Lipinski definition) is 1. The van der Waals surface area contributed by atoms with Gasteiger partial charge in [0.05, 0.1) is 12.6 Å². The summed E-state index contributed by atoms with van der Waals surface area (Å²) in [7, 11) is 1.64. The molecule has 1 atom stereocenters. The van der Waals surface area contributed by atoms with Gasteiger partial charge < -0.3 is 10.1 Å². The second-order valence-electron chi connectivity index (χ2n) is 7.01. The number of piperidine rings is 1. The van der Waals surface area contributed by atoms with Gasteiger partial charge in [0, 0.05) is 19.2 Å². The van der Waals surface area contributed by atoms with Gasteiger partial charge in [0.2, 0.25) is 0 Å². The minimum Gasteiger partial charge on any atom is -0.380 e. The highest BCUT2D eigenvalue weighted by Crippen LogP contribution is 2.24. The summed E-state index contributed by atoms with van der Waals surface area (Å²) in [5.74, 6) is -0.341. The average molecular weight is 370 g/mol. The van der Waals surface area contributed by atoms with Gasteiger partial charge in [-0.25, -0.2) is 4.39 Å². The third kappa shape index (κ3) is 5.37. The highest BCUT2D eigenvalue weighted by Gasteiger charge is 2.23. The molecule has 2 aromatic carbocycles. The predicted octanol–water partition coefficient (Wildman–Crippen LogP) is 3.93. The molecule has 1 aliphatic heterocycles. The van der Waals surface area contributed by atoms with Gasteiger partial charge in [-0.1, -0.05) is 30.7 Å². The molecule has 3 rings (SSSR count). The van der Waals surface area contributed by atoms with E-state index in [4.69, 9.17) is 4.74 Å². The molecule has 1 fully saturated rings. The fourth-order valence-corrected chi connectivity index (χ4v) is 3.63. The van der Waals surface area contributed by atoms with Crippen LogP contribution in [0.25, 0.3) is 0 Å². The Morgan fingerprint density at radius 1 is 1.15 bits per heavy atom. The van der Waals surface area contributed by atoms with E-state index in [1.807, 2.05) is 36.4 Å². The Morgan fingerprint density at radius 3 is 2.59 bits per heavy atom. The van der Waals surface area contributed by atoms with Crippen LogP contribution in [0.1, 0.15) is 46.8 Å². The number of carbonyl (C=O) groups excluding carboxylic acids is 1. The number of carbonyl (C=O) groups is 1. The number of halogens is 1. The molecule has 0 aromatic heterocycles.